The van der Waals surface area contributed by atoms with Crippen molar-refractivity contribution in [2.75, 3.05) is 25.0 Å². The largest absolute Gasteiger partial charge is 0.375 e. The van der Waals surface area contributed by atoms with E-state index in [-0.39, 0.29) is 0 Å². The molecular formula is C17H22N2. The number of nitrogens with two attached hydrogens (primary N) is 1. The van der Waals surface area contributed by atoms with Crippen LogP contribution in [0.15, 0.2) is 54.6 Å². The van der Waals surface area contributed by atoms with E-state index in [0.29, 0.717) is 0 Å². The van der Waals surface area contributed by atoms with E-state index < -0.39 is 0 Å². The van der Waals surface area contributed by atoms with Crippen LogP contribution >= 0.6 is 0 Å². The van der Waals surface area contributed by atoms with Crippen LogP contribution in [0.3, 0.4) is 0 Å². The highest BCUT2D eigenvalue weighted by atomic mass is 15.1. The third kappa shape index (κ3) is 3.83. The third-order valence-electron chi connectivity index (χ3n) is 3.36. The third-order valence-corrected chi connectivity index (χ3v) is 3.36. The van der Waals surface area contributed by atoms with Crippen molar-refractivity contribution < 1.29 is 0 Å². The van der Waals surface area contributed by atoms with Gasteiger partial charge in [0.1, 0.15) is 0 Å². The molecule has 0 heterocycles. The summed E-state index contributed by atoms with van der Waals surface area (Å²) in [6.45, 7) is 1.84. The van der Waals surface area contributed by atoms with Gasteiger partial charge in [0, 0.05) is 19.3 Å². The van der Waals surface area contributed by atoms with Crippen molar-refractivity contribution in [1.82, 2.24) is 0 Å². The predicted molar refractivity (Wildman–Crippen MR) is 83.4 cm³/mol. The Kier molecular flexibility index (Phi) is 4.99. The minimum absolute atomic E-state index is 0.779. The molecule has 2 aromatic rings. The van der Waals surface area contributed by atoms with E-state index in [1.54, 1.807) is 0 Å². The fourth-order valence-corrected chi connectivity index (χ4v) is 2.16. The standard InChI is InChI=1S/C17H22N2/c1-19(14-6-5-13-18)17-11-9-16(10-12-17)15-7-3-2-4-8-15/h2-4,7-12H,5-6,13-14,18H2,1H3. The topological polar surface area (TPSA) is 29.3 Å². The fraction of sp³-hybridized carbons (Fsp3) is 0.294. The van der Waals surface area contributed by atoms with Crippen LogP contribution in [0.5, 0.6) is 0 Å². The van der Waals surface area contributed by atoms with Gasteiger partial charge in [-0.3, -0.25) is 0 Å². The van der Waals surface area contributed by atoms with Gasteiger partial charge in [-0.15, -0.1) is 0 Å². The Bertz CT molecular complexity index is 476. The van der Waals surface area contributed by atoms with E-state index in [9.17, 15) is 0 Å². The van der Waals surface area contributed by atoms with E-state index in [1.807, 2.05) is 6.07 Å². The van der Waals surface area contributed by atoms with Crippen molar-refractivity contribution in [3.8, 4) is 11.1 Å². The maximum absolute atomic E-state index is 5.52. The highest BCUT2D eigenvalue weighted by molar-refractivity contribution is 5.66. The molecule has 0 saturated carbocycles. The molecule has 0 spiro atoms. The summed E-state index contributed by atoms with van der Waals surface area (Å²) < 4.78 is 0. The Balaban J connectivity index is 2.02. The average molecular weight is 254 g/mol. The molecule has 2 rings (SSSR count). The number of rotatable bonds is 6. The smallest absolute Gasteiger partial charge is 0.0364 e. The number of hydrogen-bond donors (Lipinski definition) is 1. The van der Waals surface area contributed by atoms with Crippen molar-refractivity contribution in [2.24, 2.45) is 5.73 Å². The van der Waals surface area contributed by atoms with Crippen LogP contribution in [-0.2, 0) is 0 Å². The second kappa shape index (κ2) is 6.95. The molecule has 0 atom stereocenters. The lowest BCUT2D eigenvalue weighted by molar-refractivity contribution is 0.728. The summed E-state index contributed by atoms with van der Waals surface area (Å²) in [5.74, 6) is 0. The molecule has 0 saturated heterocycles. The molecule has 0 amide bonds. The Morgan fingerprint density at radius 2 is 1.47 bits per heavy atom. The van der Waals surface area contributed by atoms with Gasteiger partial charge in [0.15, 0.2) is 0 Å². The van der Waals surface area contributed by atoms with Crippen LogP contribution in [0.1, 0.15) is 12.8 Å². The van der Waals surface area contributed by atoms with Crippen molar-refractivity contribution >= 4 is 5.69 Å². The normalized spacial score (nSPS) is 10.4. The van der Waals surface area contributed by atoms with Crippen LogP contribution in [-0.4, -0.2) is 20.1 Å². The molecule has 100 valence electrons. The van der Waals surface area contributed by atoms with Crippen LogP contribution in [0.2, 0.25) is 0 Å². The van der Waals surface area contributed by atoms with Crippen molar-refractivity contribution in [3.05, 3.63) is 54.6 Å². The van der Waals surface area contributed by atoms with Gasteiger partial charge < -0.3 is 10.6 Å². The number of benzene rings is 2. The molecule has 2 heteroatoms. The highest BCUT2D eigenvalue weighted by Gasteiger charge is 2.01. The van der Waals surface area contributed by atoms with Gasteiger partial charge in [-0.2, -0.15) is 0 Å². The zero-order valence-electron chi connectivity index (χ0n) is 11.5. The summed E-state index contributed by atoms with van der Waals surface area (Å²) >= 11 is 0. The number of anilines is 1. The Morgan fingerprint density at radius 1 is 0.842 bits per heavy atom. The molecule has 0 aromatic heterocycles. The minimum atomic E-state index is 0.779. The SMILES string of the molecule is CN(CCCCN)c1ccc(-c2ccccc2)cc1. The predicted octanol–water partition coefficient (Wildman–Crippen LogP) is 3.53. The molecule has 2 N–H and O–H groups in total. The molecule has 0 aliphatic heterocycles. The van der Waals surface area contributed by atoms with E-state index in [0.717, 1.165) is 25.9 Å². The van der Waals surface area contributed by atoms with Crippen LogP contribution in [0, 0.1) is 0 Å². The molecule has 0 aliphatic rings. The maximum atomic E-state index is 5.52. The lowest BCUT2D eigenvalue weighted by Crippen LogP contribution is -2.19. The summed E-state index contributed by atoms with van der Waals surface area (Å²) in [5, 5.41) is 0. The van der Waals surface area contributed by atoms with E-state index >= 15 is 0 Å². The van der Waals surface area contributed by atoms with E-state index in [4.69, 9.17) is 5.73 Å². The Morgan fingerprint density at radius 3 is 2.11 bits per heavy atom. The first-order valence-corrected chi connectivity index (χ1v) is 6.88. The molecule has 0 aliphatic carbocycles. The summed E-state index contributed by atoms with van der Waals surface area (Å²) in [5.41, 5.74) is 9.31. The second-order valence-corrected chi connectivity index (χ2v) is 4.83. The monoisotopic (exact) mass is 254 g/mol. The van der Waals surface area contributed by atoms with Crippen molar-refractivity contribution in [3.63, 3.8) is 0 Å². The Hall–Kier alpha value is -1.80. The van der Waals surface area contributed by atoms with Gasteiger partial charge in [0.2, 0.25) is 0 Å². The first-order chi connectivity index (χ1) is 9.31. The van der Waals surface area contributed by atoms with Gasteiger partial charge >= 0.3 is 0 Å². The van der Waals surface area contributed by atoms with Gasteiger partial charge in [-0.25, -0.2) is 0 Å². The zero-order valence-corrected chi connectivity index (χ0v) is 11.5. The first-order valence-electron chi connectivity index (χ1n) is 6.88. The molecule has 2 nitrogen and oxygen atoms in total. The quantitative estimate of drug-likeness (QED) is 0.799. The minimum Gasteiger partial charge on any atom is -0.375 e. The van der Waals surface area contributed by atoms with Crippen molar-refractivity contribution in [2.45, 2.75) is 12.8 Å². The number of nitrogens with zero attached hydrogens (tertiary/aromatic N) is 1. The molecule has 0 fully saturated rings. The lowest BCUT2D eigenvalue weighted by atomic mass is 10.1. The highest BCUT2D eigenvalue weighted by Crippen LogP contribution is 2.22. The second-order valence-electron chi connectivity index (χ2n) is 4.83. The lowest BCUT2D eigenvalue weighted by Gasteiger charge is -2.19. The number of hydrogen-bond acceptors (Lipinski definition) is 2. The molecule has 0 radical (unpaired) electrons. The zero-order chi connectivity index (χ0) is 13.5. The fourth-order valence-electron chi connectivity index (χ4n) is 2.16. The van der Waals surface area contributed by atoms with Crippen LogP contribution in [0.4, 0.5) is 5.69 Å². The summed E-state index contributed by atoms with van der Waals surface area (Å²) in [7, 11) is 2.13. The van der Waals surface area contributed by atoms with E-state index in [2.05, 4.69) is 60.5 Å². The van der Waals surface area contributed by atoms with Crippen LogP contribution in [0.25, 0.3) is 11.1 Å². The summed E-state index contributed by atoms with van der Waals surface area (Å²) in [6, 6.07) is 19.2. The molecule has 0 bridgehead atoms. The molecule has 2 aromatic carbocycles. The van der Waals surface area contributed by atoms with Gasteiger partial charge in [-0.05, 0) is 42.6 Å². The first kappa shape index (κ1) is 13.6. The Labute approximate surface area is 115 Å². The summed E-state index contributed by atoms with van der Waals surface area (Å²) in [4.78, 5) is 2.28. The number of unbranched alkanes of at least 4 members (excludes halogenated alkanes) is 1. The van der Waals surface area contributed by atoms with Gasteiger partial charge in [0.25, 0.3) is 0 Å². The molecule has 19 heavy (non-hydrogen) atoms. The van der Waals surface area contributed by atoms with Gasteiger partial charge in [0.05, 0.1) is 0 Å². The van der Waals surface area contributed by atoms with E-state index in [1.165, 1.54) is 16.8 Å². The average Bonchev–Trinajstić information content (AvgIpc) is 2.48. The molecular weight excluding hydrogens is 232 g/mol. The maximum Gasteiger partial charge on any atom is 0.0364 e. The van der Waals surface area contributed by atoms with Gasteiger partial charge in [-0.1, -0.05) is 42.5 Å². The van der Waals surface area contributed by atoms with Crippen LogP contribution < -0.4 is 10.6 Å². The summed E-state index contributed by atoms with van der Waals surface area (Å²) in [6.07, 6.45) is 2.24. The molecule has 0 unspecified atom stereocenters. The van der Waals surface area contributed by atoms with Crippen molar-refractivity contribution in [1.29, 1.82) is 0 Å².